The summed E-state index contributed by atoms with van der Waals surface area (Å²) in [5.74, 6) is 0.132. The molecule has 1 aromatic heterocycles. The predicted molar refractivity (Wildman–Crippen MR) is 84.7 cm³/mol. The first-order chi connectivity index (χ1) is 11.7. The Morgan fingerprint density at radius 2 is 1.79 bits per heavy atom. The molecule has 0 spiro atoms. The van der Waals surface area contributed by atoms with E-state index in [9.17, 15) is 9.90 Å². The number of fused-ring (bicyclic) bond motifs is 1. The number of aromatic nitrogens is 3. The van der Waals surface area contributed by atoms with Crippen molar-refractivity contribution in [2.75, 3.05) is 13.2 Å². The number of ether oxygens (including phenoxy) is 2. The third-order valence-corrected chi connectivity index (χ3v) is 3.69. The lowest BCUT2D eigenvalue weighted by molar-refractivity contribution is 0.0691. The summed E-state index contributed by atoms with van der Waals surface area (Å²) in [6.07, 6.45) is 0. The van der Waals surface area contributed by atoms with E-state index in [-0.39, 0.29) is 5.69 Å². The summed E-state index contributed by atoms with van der Waals surface area (Å²) in [5, 5.41) is 17.3. The van der Waals surface area contributed by atoms with Gasteiger partial charge in [-0.05, 0) is 12.1 Å². The average Bonchev–Trinajstić information content (AvgIpc) is 3.07. The van der Waals surface area contributed by atoms with Gasteiger partial charge in [-0.25, -0.2) is 9.48 Å². The Labute approximate surface area is 137 Å². The van der Waals surface area contributed by atoms with Gasteiger partial charge in [0.1, 0.15) is 18.9 Å². The minimum Gasteiger partial charge on any atom is -0.486 e. The minimum absolute atomic E-state index is 0.101. The molecule has 0 aliphatic carbocycles. The Bertz CT molecular complexity index is 905. The topological polar surface area (TPSA) is 86.5 Å². The van der Waals surface area contributed by atoms with Crippen LogP contribution in [0.5, 0.6) is 11.5 Å². The van der Waals surface area contributed by atoms with Crippen LogP contribution < -0.4 is 9.47 Å². The number of nitrogens with zero attached hydrogens (tertiary/aromatic N) is 3. The highest BCUT2D eigenvalue weighted by molar-refractivity contribution is 5.93. The van der Waals surface area contributed by atoms with Crippen LogP contribution in [0.4, 0.5) is 0 Å². The number of carbonyl (C=O) groups is 1. The van der Waals surface area contributed by atoms with Gasteiger partial charge in [0.2, 0.25) is 0 Å². The minimum atomic E-state index is -1.13. The van der Waals surface area contributed by atoms with Crippen molar-refractivity contribution in [2.45, 2.75) is 0 Å². The van der Waals surface area contributed by atoms with Crippen LogP contribution in [0.1, 0.15) is 10.5 Å². The molecule has 0 saturated heterocycles. The van der Waals surface area contributed by atoms with Gasteiger partial charge in [-0.15, -0.1) is 5.10 Å². The Balaban J connectivity index is 1.88. The maximum Gasteiger partial charge on any atom is 0.358 e. The van der Waals surface area contributed by atoms with Gasteiger partial charge >= 0.3 is 5.97 Å². The lowest BCUT2D eigenvalue weighted by Crippen LogP contribution is -2.15. The van der Waals surface area contributed by atoms with Gasteiger partial charge in [-0.2, -0.15) is 0 Å². The molecule has 120 valence electrons. The number of carboxylic acids is 1. The Morgan fingerprint density at radius 3 is 2.54 bits per heavy atom. The van der Waals surface area contributed by atoms with Crippen molar-refractivity contribution in [3.8, 4) is 28.4 Å². The third kappa shape index (κ3) is 2.36. The normalized spacial score (nSPS) is 12.8. The monoisotopic (exact) mass is 323 g/mol. The lowest BCUT2D eigenvalue weighted by Gasteiger charge is -2.19. The number of benzene rings is 2. The predicted octanol–water partition coefficient (Wildman–Crippen LogP) is 2.40. The number of carboxylic acid groups (broad SMARTS) is 1. The molecule has 1 aliphatic heterocycles. The number of rotatable bonds is 3. The Kier molecular flexibility index (Phi) is 3.38. The van der Waals surface area contributed by atoms with E-state index in [0.717, 1.165) is 5.56 Å². The zero-order chi connectivity index (χ0) is 16.5. The molecule has 0 saturated carbocycles. The molecular formula is C17H13N3O4. The molecule has 0 atom stereocenters. The number of aromatic carboxylic acids is 1. The van der Waals surface area contributed by atoms with Crippen LogP contribution >= 0.6 is 0 Å². The highest BCUT2D eigenvalue weighted by Crippen LogP contribution is 2.33. The van der Waals surface area contributed by atoms with E-state index in [1.54, 1.807) is 18.2 Å². The van der Waals surface area contributed by atoms with E-state index in [2.05, 4.69) is 10.3 Å². The van der Waals surface area contributed by atoms with Crippen molar-refractivity contribution in [3.63, 3.8) is 0 Å². The fourth-order valence-corrected chi connectivity index (χ4v) is 2.63. The van der Waals surface area contributed by atoms with Crippen molar-refractivity contribution < 1.29 is 19.4 Å². The molecule has 2 aromatic carbocycles. The second kappa shape index (κ2) is 5.69. The maximum atomic E-state index is 11.5. The van der Waals surface area contributed by atoms with Gasteiger partial charge in [-0.3, -0.25) is 0 Å². The zero-order valence-corrected chi connectivity index (χ0v) is 12.5. The third-order valence-electron chi connectivity index (χ3n) is 3.69. The quantitative estimate of drug-likeness (QED) is 0.796. The highest BCUT2D eigenvalue weighted by atomic mass is 16.6. The molecule has 0 unspecified atom stereocenters. The summed E-state index contributed by atoms with van der Waals surface area (Å²) in [5.41, 5.74) is 1.68. The SMILES string of the molecule is O=C(O)c1nnn(-c2ccc3c(c2)OCCO3)c1-c1ccccc1. The summed E-state index contributed by atoms with van der Waals surface area (Å²) in [4.78, 5) is 11.5. The van der Waals surface area contributed by atoms with Gasteiger partial charge < -0.3 is 14.6 Å². The zero-order valence-electron chi connectivity index (χ0n) is 12.5. The molecule has 1 aliphatic rings. The van der Waals surface area contributed by atoms with Gasteiger partial charge in [0, 0.05) is 11.6 Å². The molecule has 7 nitrogen and oxygen atoms in total. The molecule has 0 fully saturated rings. The lowest BCUT2D eigenvalue weighted by atomic mass is 10.1. The standard InChI is InChI=1S/C17H13N3O4/c21-17(22)15-16(11-4-2-1-3-5-11)20(19-18-15)12-6-7-13-14(10-12)24-9-8-23-13/h1-7,10H,8-9H2,(H,21,22). The first-order valence-electron chi connectivity index (χ1n) is 7.38. The van der Waals surface area contributed by atoms with Crippen LogP contribution in [0, 0.1) is 0 Å². The molecular weight excluding hydrogens is 310 g/mol. The van der Waals surface area contributed by atoms with E-state index in [0.29, 0.717) is 36.1 Å². The largest absolute Gasteiger partial charge is 0.486 e. The highest BCUT2D eigenvalue weighted by Gasteiger charge is 2.22. The summed E-state index contributed by atoms with van der Waals surface area (Å²) in [6.45, 7) is 0.980. The van der Waals surface area contributed by atoms with Crippen molar-refractivity contribution in [2.24, 2.45) is 0 Å². The summed E-state index contributed by atoms with van der Waals surface area (Å²) in [7, 11) is 0. The summed E-state index contributed by atoms with van der Waals surface area (Å²) < 4.78 is 12.6. The second-order valence-electron chi connectivity index (χ2n) is 5.20. The number of hydrogen-bond donors (Lipinski definition) is 1. The van der Waals surface area contributed by atoms with Crippen LogP contribution in [0.25, 0.3) is 16.9 Å². The fraction of sp³-hybridized carbons (Fsp3) is 0.118. The molecule has 0 bridgehead atoms. The Hall–Kier alpha value is -3.35. The smallest absolute Gasteiger partial charge is 0.358 e. The van der Waals surface area contributed by atoms with Crippen molar-refractivity contribution in [1.82, 2.24) is 15.0 Å². The average molecular weight is 323 g/mol. The van der Waals surface area contributed by atoms with Crippen LogP contribution in [-0.2, 0) is 0 Å². The van der Waals surface area contributed by atoms with E-state index in [1.807, 2.05) is 30.3 Å². The molecule has 1 N–H and O–H groups in total. The van der Waals surface area contributed by atoms with Crippen molar-refractivity contribution in [3.05, 3.63) is 54.2 Å². The van der Waals surface area contributed by atoms with Gasteiger partial charge in [0.25, 0.3) is 0 Å². The summed E-state index contributed by atoms with van der Waals surface area (Å²) in [6, 6.07) is 14.5. The Morgan fingerprint density at radius 1 is 1.04 bits per heavy atom. The molecule has 4 rings (SSSR count). The molecule has 3 aromatic rings. The van der Waals surface area contributed by atoms with Crippen LogP contribution in [0.3, 0.4) is 0 Å². The molecule has 0 radical (unpaired) electrons. The second-order valence-corrected chi connectivity index (χ2v) is 5.20. The van der Waals surface area contributed by atoms with E-state index in [1.165, 1.54) is 4.68 Å². The van der Waals surface area contributed by atoms with Crippen molar-refractivity contribution >= 4 is 5.97 Å². The molecule has 2 heterocycles. The molecule has 0 amide bonds. The molecule has 24 heavy (non-hydrogen) atoms. The van der Waals surface area contributed by atoms with Crippen LogP contribution in [0.2, 0.25) is 0 Å². The van der Waals surface area contributed by atoms with Crippen LogP contribution in [-0.4, -0.2) is 39.3 Å². The first kappa shape index (κ1) is 14.3. The van der Waals surface area contributed by atoms with Gasteiger partial charge in [0.05, 0.1) is 5.69 Å². The van der Waals surface area contributed by atoms with Gasteiger partial charge in [0.15, 0.2) is 17.2 Å². The fourth-order valence-electron chi connectivity index (χ4n) is 2.63. The maximum absolute atomic E-state index is 11.5. The van der Waals surface area contributed by atoms with Gasteiger partial charge in [-0.1, -0.05) is 35.5 Å². The van der Waals surface area contributed by atoms with E-state index in [4.69, 9.17) is 9.47 Å². The van der Waals surface area contributed by atoms with E-state index < -0.39 is 5.97 Å². The number of hydrogen-bond acceptors (Lipinski definition) is 5. The van der Waals surface area contributed by atoms with Crippen LogP contribution in [0.15, 0.2) is 48.5 Å². The first-order valence-corrected chi connectivity index (χ1v) is 7.38. The summed E-state index contributed by atoms with van der Waals surface area (Å²) >= 11 is 0. The van der Waals surface area contributed by atoms with E-state index >= 15 is 0 Å². The van der Waals surface area contributed by atoms with Crippen molar-refractivity contribution in [1.29, 1.82) is 0 Å². The molecule has 7 heteroatoms.